The summed E-state index contributed by atoms with van der Waals surface area (Å²) in [7, 11) is 0. The molecule has 0 spiro atoms. The van der Waals surface area contributed by atoms with Crippen LogP contribution in [0.3, 0.4) is 0 Å². The molecule has 0 saturated heterocycles. The van der Waals surface area contributed by atoms with Crippen molar-refractivity contribution in [2.45, 2.75) is 20.3 Å². The van der Waals surface area contributed by atoms with Crippen LogP contribution in [0.5, 0.6) is 0 Å². The van der Waals surface area contributed by atoms with Gasteiger partial charge in [-0.3, -0.25) is 4.79 Å². The number of benzene rings is 1. The first kappa shape index (κ1) is 13.0. The van der Waals surface area contributed by atoms with Crippen LogP contribution in [0, 0.1) is 5.92 Å². The van der Waals surface area contributed by atoms with Gasteiger partial charge < -0.3 is 4.52 Å². The summed E-state index contributed by atoms with van der Waals surface area (Å²) in [4.78, 5) is 15.8. The molecule has 0 atom stereocenters. The van der Waals surface area contributed by atoms with E-state index in [2.05, 4.69) is 26.1 Å². The molecule has 0 bridgehead atoms. The van der Waals surface area contributed by atoms with E-state index in [1.54, 1.807) is 0 Å². The highest BCUT2D eigenvalue weighted by molar-refractivity contribution is 9.10. The summed E-state index contributed by atoms with van der Waals surface area (Å²) in [6, 6.07) is 7.62. The molecule has 0 saturated carbocycles. The number of rotatable bonds is 4. The highest BCUT2D eigenvalue weighted by Gasteiger charge is 2.14. The van der Waals surface area contributed by atoms with Gasteiger partial charge >= 0.3 is 0 Å². The molecule has 0 fully saturated rings. The van der Waals surface area contributed by atoms with Crippen molar-refractivity contribution in [2.75, 3.05) is 0 Å². The molecule has 5 heteroatoms. The number of carbonyl (C=O) groups excluding carboxylic acids is 1. The molecule has 4 nitrogen and oxygen atoms in total. The molecule has 18 heavy (non-hydrogen) atoms. The van der Waals surface area contributed by atoms with Crippen LogP contribution < -0.4 is 0 Å². The number of nitrogens with zero attached hydrogens (tertiary/aromatic N) is 2. The Hall–Kier alpha value is -1.49. The first-order valence-electron chi connectivity index (χ1n) is 5.67. The molecule has 94 valence electrons. The van der Waals surface area contributed by atoms with E-state index in [0.29, 0.717) is 11.7 Å². The van der Waals surface area contributed by atoms with Gasteiger partial charge in [0, 0.05) is 16.0 Å². The van der Waals surface area contributed by atoms with Crippen molar-refractivity contribution < 1.29 is 9.32 Å². The van der Waals surface area contributed by atoms with E-state index in [1.807, 2.05) is 38.1 Å². The van der Waals surface area contributed by atoms with Crippen molar-refractivity contribution in [2.24, 2.45) is 5.92 Å². The van der Waals surface area contributed by atoms with Gasteiger partial charge in [0.15, 0.2) is 0 Å². The predicted octanol–water partition coefficient (Wildman–Crippen LogP) is 3.27. The summed E-state index contributed by atoms with van der Waals surface area (Å²) in [5.41, 5.74) is 0.858. The summed E-state index contributed by atoms with van der Waals surface area (Å²) in [6.07, 6.45) is 0.193. The predicted molar refractivity (Wildman–Crippen MR) is 71.0 cm³/mol. The number of halogens is 1. The molecule has 2 aromatic rings. The maximum Gasteiger partial charge on any atom is 0.234 e. The van der Waals surface area contributed by atoms with E-state index in [1.165, 1.54) is 0 Å². The molecule has 0 N–H and O–H groups in total. The molecule has 0 aliphatic rings. The van der Waals surface area contributed by atoms with Crippen LogP contribution in [-0.4, -0.2) is 15.9 Å². The topological polar surface area (TPSA) is 56.0 Å². The van der Waals surface area contributed by atoms with Crippen molar-refractivity contribution in [3.8, 4) is 11.4 Å². The Morgan fingerprint density at radius 3 is 2.89 bits per heavy atom. The Morgan fingerprint density at radius 2 is 2.22 bits per heavy atom. The van der Waals surface area contributed by atoms with E-state index in [-0.39, 0.29) is 18.1 Å². The Kier molecular flexibility index (Phi) is 3.91. The largest absolute Gasteiger partial charge is 0.339 e. The third-order valence-electron chi connectivity index (χ3n) is 2.52. The molecule has 0 amide bonds. The maximum atomic E-state index is 11.6. The lowest BCUT2D eigenvalue weighted by Gasteiger charge is -1.98. The normalized spacial score (nSPS) is 10.9. The Balaban J connectivity index is 2.18. The lowest BCUT2D eigenvalue weighted by Crippen LogP contribution is -2.10. The van der Waals surface area contributed by atoms with Gasteiger partial charge in [-0.05, 0) is 12.1 Å². The standard InChI is InChI=1S/C13H13BrN2O2/c1-8(2)11(17)7-12-15-13(16-18-12)9-4-3-5-10(14)6-9/h3-6,8H,7H2,1-2H3. The van der Waals surface area contributed by atoms with E-state index < -0.39 is 0 Å². The Labute approximate surface area is 114 Å². The Morgan fingerprint density at radius 1 is 1.44 bits per heavy atom. The van der Waals surface area contributed by atoms with Crippen molar-refractivity contribution in [3.63, 3.8) is 0 Å². The van der Waals surface area contributed by atoms with Crippen LogP contribution in [0.1, 0.15) is 19.7 Å². The minimum Gasteiger partial charge on any atom is -0.339 e. The average Bonchev–Trinajstić information content (AvgIpc) is 2.77. The highest BCUT2D eigenvalue weighted by atomic mass is 79.9. The Bertz CT molecular complexity index is 564. The number of aromatic nitrogens is 2. The van der Waals surface area contributed by atoms with Crippen molar-refractivity contribution in [3.05, 3.63) is 34.6 Å². The fraction of sp³-hybridized carbons (Fsp3) is 0.308. The van der Waals surface area contributed by atoms with Gasteiger partial charge in [0.2, 0.25) is 11.7 Å². The quantitative estimate of drug-likeness (QED) is 0.870. The number of Topliss-reactive ketones (excluding diaryl/α,β-unsaturated/α-hetero) is 1. The summed E-state index contributed by atoms with van der Waals surface area (Å²) in [6.45, 7) is 3.71. The summed E-state index contributed by atoms with van der Waals surface area (Å²) in [5.74, 6) is 0.942. The van der Waals surface area contributed by atoms with Gasteiger partial charge in [-0.1, -0.05) is 47.1 Å². The van der Waals surface area contributed by atoms with Crippen LogP contribution in [0.15, 0.2) is 33.3 Å². The first-order valence-corrected chi connectivity index (χ1v) is 6.47. The third-order valence-corrected chi connectivity index (χ3v) is 3.01. The number of hydrogen-bond donors (Lipinski definition) is 0. The minimum absolute atomic E-state index is 0.0220. The molecule has 1 aromatic carbocycles. The van der Waals surface area contributed by atoms with Crippen LogP contribution in [0.25, 0.3) is 11.4 Å². The molecule has 0 aliphatic carbocycles. The molecule has 0 radical (unpaired) electrons. The van der Waals surface area contributed by atoms with Gasteiger partial charge in [-0.15, -0.1) is 0 Å². The van der Waals surface area contributed by atoms with Gasteiger partial charge in [0.05, 0.1) is 6.42 Å². The van der Waals surface area contributed by atoms with Gasteiger partial charge in [-0.2, -0.15) is 4.98 Å². The smallest absolute Gasteiger partial charge is 0.234 e. The zero-order valence-corrected chi connectivity index (χ0v) is 11.8. The zero-order chi connectivity index (χ0) is 13.1. The summed E-state index contributed by atoms with van der Waals surface area (Å²) in [5, 5.41) is 3.88. The molecular formula is C13H13BrN2O2. The molecule has 1 aromatic heterocycles. The number of carbonyl (C=O) groups is 1. The fourth-order valence-corrected chi connectivity index (χ4v) is 1.82. The third kappa shape index (κ3) is 3.04. The minimum atomic E-state index is -0.0220. The van der Waals surface area contributed by atoms with Crippen LogP contribution in [-0.2, 0) is 11.2 Å². The average molecular weight is 309 g/mol. The molecule has 2 rings (SSSR count). The highest BCUT2D eigenvalue weighted by Crippen LogP contribution is 2.20. The second kappa shape index (κ2) is 5.44. The number of hydrogen-bond acceptors (Lipinski definition) is 4. The van der Waals surface area contributed by atoms with Crippen LogP contribution >= 0.6 is 15.9 Å². The summed E-state index contributed by atoms with van der Waals surface area (Å²) < 4.78 is 6.03. The van der Waals surface area contributed by atoms with E-state index in [0.717, 1.165) is 10.0 Å². The molecule has 1 heterocycles. The second-order valence-corrected chi connectivity index (χ2v) is 5.24. The SMILES string of the molecule is CC(C)C(=O)Cc1nc(-c2cccc(Br)c2)no1. The van der Waals surface area contributed by atoms with Crippen LogP contribution in [0.4, 0.5) is 0 Å². The van der Waals surface area contributed by atoms with Crippen molar-refractivity contribution in [1.82, 2.24) is 10.1 Å². The van der Waals surface area contributed by atoms with Crippen molar-refractivity contribution >= 4 is 21.7 Å². The van der Waals surface area contributed by atoms with Gasteiger partial charge in [0.25, 0.3) is 0 Å². The fourth-order valence-electron chi connectivity index (χ4n) is 1.42. The van der Waals surface area contributed by atoms with Crippen LogP contribution in [0.2, 0.25) is 0 Å². The van der Waals surface area contributed by atoms with Crippen molar-refractivity contribution in [1.29, 1.82) is 0 Å². The zero-order valence-electron chi connectivity index (χ0n) is 10.2. The van der Waals surface area contributed by atoms with E-state index in [4.69, 9.17) is 4.52 Å². The lowest BCUT2D eigenvalue weighted by molar-refractivity contribution is -0.121. The molecular weight excluding hydrogens is 296 g/mol. The van der Waals surface area contributed by atoms with E-state index >= 15 is 0 Å². The van der Waals surface area contributed by atoms with Gasteiger partial charge in [-0.25, -0.2) is 0 Å². The molecule has 0 aliphatic heterocycles. The first-order chi connectivity index (χ1) is 8.56. The maximum absolute atomic E-state index is 11.6. The van der Waals surface area contributed by atoms with Gasteiger partial charge in [0.1, 0.15) is 5.78 Å². The monoisotopic (exact) mass is 308 g/mol. The lowest BCUT2D eigenvalue weighted by atomic mass is 10.1. The molecule has 0 unspecified atom stereocenters. The van der Waals surface area contributed by atoms with E-state index in [9.17, 15) is 4.79 Å². The second-order valence-electron chi connectivity index (χ2n) is 4.32. The number of ketones is 1. The summed E-state index contributed by atoms with van der Waals surface area (Å²) >= 11 is 3.39.